The number of fused-ring (bicyclic) bond motifs is 1. The third kappa shape index (κ3) is 9.21. The van der Waals surface area contributed by atoms with Gasteiger partial charge in [-0.05, 0) is 107 Å². The van der Waals surface area contributed by atoms with Crippen LogP contribution >= 0.6 is 11.6 Å². The van der Waals surface area contributed by atoms with E-state index in [0.717, 1.165) is 56.6 Å². The van der Waals surface area contributed by atoms with Gasteiger partial charge >= 0.3 is 12.0 Å². The molecule has 12 heteroatoms. The molecule has 57 heavy (non-hydrogen) atoms. The summed E-state index contributed by atoms with van der Waals surface area (Å²) in [6.07, 6.45) is 3.50. The van der Waals surface area contributed by atoms with Crippen molar-refractivity contribution in [2.45, 2.75) is 59.4 Å². The number of pyridine rings is 1. The van der Waals surface area contributed by atoms with Crippen LogP contribution < -0.4 is 25.4 Å². The summed E-state index contributed by atoms with van der Waals surface area (Å²) in [5.74, 6) is -0.267. The van der Waals surface area contributed by atoms with E-state index in [1.807, 2.05) is 12.1 Å². The summed E-state index contributed by atoms with van der Waals surface area (Å²) in [6, 6.07) is 25.8. The molecule has 0 saturated carbocycles. The summed E-state index contributed by atoms with van der Waals surface area (Å²) in [5.41, 5.74) is 10.2. The molecule has 2 heterocycles. The van der Waals surface area contributed by atoms with Crippen LogP contribution in [-0.4, -0.2) is 47.4 Å². The molecule has 0 aliphatic carbocycles. The first-order valence-electron chi connectivity index (χ1n) is 18.7. The number of amides is 2. The fourth-order valence-corrected chi connectivity index (χ4v) is 7.32. The number of carboxylic acid groups (broad SMARTS) is 1. The van der Waals surface area contributed by atoms with Crippen LogP contribution in [0.4, 0.5) is 4.79 Å². The maximum absolute atomic E-state index is 12.1. The number of aromatic nitrogens is 1. The van der Waals surface area contributed by atoms with Crippen LogP contribution in [0.15, 0.2) is 85.2 Å². The molecule has 0 radical (unpaired) electrons. The van der Waals surface area contributed by atoms with Gasteiger partial charge in [0, 0.05) is 44.2 Å². The van der Waals surface area contributed by atoms with Crippen molar-refractivity contribution in [3.05, 3.63) is 135 Å². The highest BCUT2D eigenvalue weighted by Crippen LogP contribution is 2.39. The van der Waals surface area contributed by atoms with E-state index in [4.69, 9.17) is 21.1 Å². The highest BCUT2D eigenvalue weighted by molar-refractivity contribution is 6.32. The number of aliphatic hydroxyl groups is 1. The Bertz CT molecular complexity index is 2340. The van der Waals surface area contributed by atoms with Gasteiger partial charge in [-0.1, -0.05) is 60.1 Å². The van der Waals surface area contributed by atoms with Gasteiger partial charge < -0.3 is 35.6 Å². The minimum Gasteiger partial charge on any atom is -0.488 e. The molecule has 0 fully saturated rings. The van der Waals surface area contributed by atoms with Crippen LogP contribution in [0.1, 0.15) is 63.9 Å². The second-order valence-corrected chi connectivity index (χ2v) is 15.0. The highest BCUT2D eigenvalue weighted by atomic mass is 35.5. The maximum Gasteiger partial charge on any atom is 0.315 e. The van der Waals surface area contributed by atoms with Crippen molar-refractivity contribution in [3.63, 3.8) is 0 Å². The zero-order valence-electron chi connectivity index (χ0n) is 32.4. The summed E-state index contributed by atoms with van der Waals surface area (Å²) < 4.78 is 12.6. The molecular weight excluding hydrogens is 742 g/mol. The zero-order valence-corrected chi connectivity index (χ0v) is 33.2. The van der Waals surface area contributed by atoms with E-state index in [0.29, 0.717) is 39.8 Å². The van der Waals surface area contributed by atoms with Crippen LogP contribution in [0.3, 0.4) is 0 Å². The number of hydrogen-bond acceptors (Lipinski definition) is 8. The summed E-state index contributed by atoms with van der Waals surface area (Å²) >= 11 is 6.80. The number of carbonyl (C=O) groups excluding carboxylic acids is 1. The monoisotopic (exact) mass is 787 g/mol. The number of urea groups is 1. The zero-order chi connectivity index (χ0) is 40.7. The van der Waals surface area contributed by atoms with Gasteiger partial charge in [0.15, 0.2) is 0 Å². The second kappa shape index (κ2) is 17.9. The van der Waals surface area contributed by atoms with Crippen molar-refractivity contribution in [1.82, 2.24) is 20.9 Å². The number of rotatable bonds is 14. The lowest BCUT2D eigenvalue weighted by molar-refractivity contribution is -0.150. The summed E-state index contributed by atoms with van der Waals surface area (Å²) in [6.45, 7) is 6.89. The number of aliphatic hydroxyl groups excluding tert-OH is 1. The maximum atomic E-state index is 12.1. The number of nitriles is 1. The van der Waals surface area contributed by atoms with Crippen molar-refractivity contribution in [2.75, 3.05) is 20.2 Å². The topological polar surface area (TPSA) is 166 Å². The summed E-state index contributed by atoms with van der Waals surface area (Å²) in [7, 11) is 1.61. The fraction of sp³-hybridized carbons (Fsp3) is 0.289. The molecule has 0 bridgehead atoms. The number of halogens is 1. The molecule has 1 aliphatic rings. The molecular formula is C45H46ClN5O6. The van der Waals surface area contributed by atoms with Crippen molar-refractivity contribution in [2.24, 2.45) is 5.41 Å². The van der Waals surface area contributed by atoms with E-state index < -0.39 is 18.0 Å². The highest BCUT2D eigenvalue weighted by Gasteiger charge is 2.32. The number of aryl methyl sites for hydroxylation is 1. The number of nitrogens with zero attached hydrogens (tertiary/aromatic N) is 2. The number of carbonyl (C=O) groups is 2. The van der Waals surface area contributed by atoms with Gasteiger partial charge in [-0.25, -0.2) is 4.79 Å². The third-order valence-electron chi connectivity index (χ3n) is 10.7. The molecule has 6 rings (SSSR count). The Kier molecular flexibility index (Phi) is 12.8. The molecule has 0 saturated heterocycles. The van der Waals surface area contributed by atoms with Gasteiger partial charge in [-0.3, -0.25) is 9.78 Å². The van der Waals surface area contributed by atoms with E-state index in [1.54, 1.807) is 31.4 Å². The van der Waals surface area contributed by atoms with E-state index in [-0.39, 0.29) is 38.1 Å². The van der Waals surface area contributed by atoms with Gasteiger partial charge in [0.2, 0.25) is 0 Å². The Labute approximate surface area is 337 Å². The summed E-state index contributed by atoms with van der Waals surface area (Å²) in [5, 5.41) is 38.3. The molecule has 11 nitrogen and oxygen atoms in total. The molecule has 5 N–H and O–H groups in total. The fourth-order valence-electron chi connectivity index (χ4n) is 7.08. The number of benzene rings is 4. The number of carboxylic acids is 1. The predicted molar refractivity (Wildman–Crippen MR) is 219 cm³/mol. The van der Waals surface area contributed by atoms with Crippen molar-refractivity contribution < 1.29 is 29.3 Å². The van der Waals surface area contributed by atoms with Crippen LogP contribution in [0.2, 0.25) is 5.02 Å². The number of nitrogens with one attached hydrogen (secondary N) is 3. The van der Waals surface area contributed by atoms with Crippen molar-refractivity contribution in [1.29, 1.82) is 5.26 Å². The number of hydrogen-bond donors (Lipinski definition) is 5. The quantitative estimate of drug-likeness (QED) is 0.0755. The standard InChI is InChI=1S/C45H46ClN5O6/c1-27-33(7-5-9-36(27)37-10-6-8-35(28(37)2)31-11-12-38-34(16-31)22-50-23-40(38)51-44(55)48-4)25-57-42-18-41(56-24-30-15-29(19-47)20-49-21-30)32(17-39(42)46)13-14-45(3,26-52)43(53)54/h5-12,15-18,20-21,40,50,52H,13-14,22-26H2,1-4H3,(H,53,54)(H2,48,51,55)/t40-,45+/m1/s1. The molecule has 1 aliphatic heterocycles. The average molecular weight is 788 g/mol. The lowest BCUT2D eigenvalue weighted by atomic mass is 9.85. The van der Waals surface area contributed by atoms with Gasteiger partial charge in [-0.2, -0.15) is 5.26 Å². The van der Waals surface area contributed by atoms with Crippen LogP contribution in [-0.2, 0) is 31.0 Å². The first-order chi connectivity index (χ1) is 27.4. The number of aliphatic carboxylic acids is 1. The molecule has 294 valence electrons. The molecule has 5 aromatic rings. The van der Waals surface area contributed by atoms with Gasteiger partial charge in [0.05, 0.1) is 28.6 Å². The Hall–Kier alpha value is -5.93. The van der Waals surface area contributed by atoms with E-state index in [2.05, 4.69) is 83.3 Å². The molecule has 0 unspecified atom stereocenters. The van der Waals surface area contributed by atoms with E-state index in [9.17, 15) is 25.1 Å². The van der Waals surface area contributed by atoms with Crippen molar-refractivity contribution in [3.8, 4) is 39.8 Å². The number of ether oxygens (including phenoxy) is 2. The van der Waals surface area contributed by atoms with E-state index >= 15 is 0 Å². The molecule has 4 aromatic carbocycles. The third-order valence-corrected chi connectivity index (χ3v) is 11.0. The normalized spacial score (nSPS) is 14.4. The van der Waals surface area contributed by atoms with Gasteiger partial charge in [0.1, 0.15) is 30.8 Å². The lowest BCUT2D eigenvalue weighted by Crippen LogP contribution is -2.42. The Morgan fingerprint density at radius 2 is 1.70 bits per heavy atom. The van der Waals surface area contributed by atoms with Gasteiger partial charge in [-0.15, -0.1) is 0 Å². The van der Waals surface area contributed by atoms with E-state index in [1.165, 1.54) is 13.1 Å². The second-order valence-electron chi connectivity index (χ2n) is 14.6. The van der Waals surface area contributed by atoms with Crippen molar-refractivity contribution >= 4 is 23.6 Å². The first kappa shape index (κ1) is 40.7. The smallest absolute Gasteiger partial charge is 0.315 e. The summed E-state index contributed by atoms with van der Waals surface area (Å²) in [4.78, 5) is 28.1. The predicted octanol–water partition coefficient (Wildman–Crippen LogP) is 7.80. The SMILES string of the molecule is CNC(=O)N[C@@H]1CNCc2cc(-c3cccc(-c4cccc(COc5cc(OCc6cncc(C#N)c6)c(CC[C@@](C)(CO)C(=O)O)cc5Cl)c4C)c3C)ccc21. The first-order valence-corrected chi connectivity index (χ1v) is 19.1. The molecule has 2 amide bonds. The van der Waals surface area contributed by atoms with Gasteiger partial charge in [0.25, 0.3) is 0 Å². The van der Waals surface area contributed by atoms with Crippen LogP contribution in [0.25, 0.3) is 22.3 Å². The molecule has 2 atom stereocenters. The minimum atomic E-state index is -1.35. The Morgan fingerprint density at radius 3 is 2.44 bits per heavy atom. The molecule has 0 spiro atoms. The largest absolute Gasteiger partial charge is 0.488 e. The average Bonchev–Trinajstić information content (AvgIpc) is 3.22. The lowest BCUT2D eigenvalue weighted by Gasteiger charge is -2.28. The minimum absolute atomic E-state index is 0.101. The van der Waals surface area contributed by atoms with Crippen LogP contribution in [0, 0.1) is 30.6 Å². The Balaban J connectivity index is 1.25. The van der Waals surface area contributed by atoms with Crippen LogP contribution in [0.5, 0.6) is 11.5 Å². The Morgan fingerprint density at radius 1 is 0.965 bits per heavy atom. The molecule has 1 aromatic heterocycles.